The Morgan fingerprint density at radius 1 is 1.19 bits per heavy atom. The predicted molar refractivity (Wildman–Crippen MR) is 81.1 cm³/mol. The van der Waals surface area contributed by atoms with E-state index in [1.54, 1.807) is 6.92 Å². The highest BCUT2D eigenvalue weighted by Gasteiger charge is 2.45. The van der Waals surface area contributed by atoms with Crippen LogP contribution in [0.15, 0.2) is 0 Å². The van der Waals surface area contributed by atoms with Crippen molar-refractivity contribution in [3.63, 3.8) is 0 Å². The van der Waals surface area contributed by atoms with Crippen molar-refractivity contribution in [1.82, 2.24) is 0 Å². The van der Waals surface area contributed by atoms with Gasteiger partial charge in [-0.15, -0.1) is 0 Å². The molecule has 0 spiro atoms. The third kappa shape index (κ3) is 5.17. The summed E-state index contributed by atoms with van der Waals surface area (Å²) >= 11 is 0. The van der Waals surface area contributed by atoms with Gasteiger partial charge in [-0.2, -0.15) is 0 Å². The van der Waals surface area contributed by atoms with Crippen LogP contribution in [-0.2, 0) is 23.8 Å². The molecule has 0 aliphatic heterocycles. The minimum absolute atomic E-state index is 0.0813. The molecule has 0 radical (unpaired) electrons. The molecule has 6 nitrogen and oxygen atoms in total. The first kappa shape index (κ1) is 20.2. The summed E-state index contributed by atoms with van der Waals surface area (Å²) in [6, 6.07) is 0. The number of hydrogen-bond donors (Lipinski definition) is 1. The summed E-state index contributed by atoms with van der Waals surface area (Å²) in [6.45, 7) is 14.2. The first-order valence-electron chi connectivity index (χ1n) is 7.05. The van der Waals surface area contributed by atoms with Crippen molar-refractivity contribution in [3.8, 4) is 0 Å². The number of carbonyl (C=O) groups excluding carboxylic acids is 2. The first-order valence-corrected chi connectivity index (χ1v) is 9.96. The number of aliphatic hydroxyl groups is 1. The lowest BCUT2D eigenvalue weighted by molar-refractivity contribution is -0.252. The molecular weight excluding hydrogens is 292 g/mol. The van der Waals surface area contributed by atoms with Crippen molar-refractivity contribution in [2.45, 2.75) is 71.4 Å². The highest BCUT2D eigenvalue weighted by molar-refractivity contribution is 6.73. The minimum Gasteiger partial charge on any atom is -0.464 e. The topological polar surface area (TPSA) is 82.1 Å². The van der Waals surface area contributed by atoms with Gasteiger partial charge in [-0.1, -0.05) is 20.8 Å². The zero-order valence-corrected chi connectivity index (χ0v) is 15.3. The van der Waals surface area contributed by atoms with Crippen LogP contribution in [0.3, 0.4) is 0 Å². The van der Waals surface area contributed by atoms with Crippen molar-refractivity contribution in [2.75, 3.05) is 6.61 Å². The summed E-state index contributed by atoms with van der Waals surface area (Å²) in [6.07, 6.45) is -1.07. The first-order chi connectivity index (χ1) is 9.27. The SMILES string of the molecule is CCOC(=O)C(C)(O)C(=O)C(C)OO[Si](C)(C)C(C)(C)C. The third-order valence-corrected chi connectivity index (χ3v) is 7.85. The number of ether oxygens (including phenoxy) is 1. The van der Waals surface area contributed by atoms with Gasteiger partial charge in [-0.25, -0.2) is 9.68 Å². The molecule has 0 amide bonds. The second-order valence-corrected chi connectivity index (χ2v) is 11.4. The van der Waals surface area contributed by atoms with E-state index in [0.717, 1.165) is 6.92 Å². The van der Waals surface area contributed by atoms with Crippen LogP contribution in [0.4, 0.5) is 0 Å². The summed E-state index contributed by atoms with van der Waals surface area (Å²) in [7, 11) is -2.19. The van der Waals surface area contributed by atoms with Gasteiger partial charge in [0.1, 0.15) is 0 Å². The maximum Gasteiger partial charge on any atom is 0.345 e. The molecule has 21 heavy (non-hydrogen) atoms. The normalized spacial score (nSPS) is 17.0. The molecule has 2 atom stereocenters. The standard InChI is InChI=1S/C14H28O6Si/c1-9-18-12(16)14(6,17)11(15)10(2)19-20-21(7,8)13(3,4)5/h10,17H,9H2,1-8H3. The molecule has 0 saturated carbocycles. The summed E-state index contributed by atoms with van der Waals surface area (Å²) in [5.74, 6) is -1.78. The van der Waals surface area contributed by atoms with Gasteiger partial charge >= 0.3 is 5.97 Å². The highest BCUT2D eigenvalue weighted by atomic mass is 28.4. The molecule has 1 N–H and O–H groups in total. The maximum atomic E-state index is 12.1. The van der Waals surface area contributed by atoms with Gasteiger partial charge in [-0.05, 0) is 38.9 Å². The lowest BCUT2D eigenvalue weighted by atomic mass is 9.98. The van der Waals surface area contributed by atoms with Gasteiger partial charge in [0.25, 0.3) is 0 Å². The van der Waals surface area contributed by atoms with E-state index >= 15 is 0 Å². The molecule has 0 fully saturated rings. The number of Topliss-reactive ketones (excluding diaryl/α,β-unsaturated/α-hetero) is 1. The van der Waals surface area contributed by atoms with Gasteiger partial charge < -0.3 is 9.84 Å². The van der Waals surface area contributed by atoms with E-state index in [1.807, 2.05) is 33.9 Å². The Bertz CT molecular complexity index is 383. The smallest absolute Gasteiger partial charge is 0.345 e. The van der Waals surface area contributed by atoms with E-state index in [9.17, 15) is 14.7 Å². The summed E-state index contributed by atoms with van der Waals surface area (Å²) in [4.78, 5) is 28.9. The molecule has 0 bridgehead atoms. The second-order valence-electron chi connectivity index (χ2n) is 6.74. The zero-order chi connectivity index (χ0) is 17.1. The number of rotatable bonds is 7. The Morgan fingerprint density at radius 3 is 2.05 bits per heavy atom. The maximum absolute atomic E-state index is 12.1. The number of carbonyl (C=O) groups is 2. The second kappa shape index (κ2) is 7.00. The molecule has 0 aromatic rings. The fourth-order valence-corrected chi connectivity index (χ4v) is 1.76. The summed E-state index contributed by atoms with van der Waals surface area (Å²) in [5.41, 5.74) is -2.24. The quantitative estimate of drug-likeness (QED) is 0.255. The minimum atomic E-state index is -2.24. The van der Waals surface area contributed by atoms with Crippen molar-refractivity contribution in [3.05, 3.63) is 0 Å². The van der Waals surface area contributed by atoms with Crippen molar-refractivity contribution in [2.24, 2.45) is 0 Å². The Labute approximate surface area is 127 Å². The van der Waals surface area contributed by atoms with Gasteiger partial charge in [0.15, 0.2) is 6.10 Å². The van der Waals surface area contributed by atoms with E-state index in [1.165, 1.54) is 6.92 Å². The molecule has 7 heteroatoms. The lowest BCUT2D eigenvalue weighted by Gasteiger charge is -2.35. The summed E-state index contributed by atoms with van der Waals surface area (Å²) in [5, 5.41) is 9.91. The third-order valence-electron chi connectivity index (χ3n) is 3.73. The highest BCUT2D eigenvalue weighted by Crippen LogP contribution is 2.36. The number of esters is 1. The zero-order valence-electron chi connectivity index (χ0n) is 14.3. The fraction of sp³-hybridized carbons (Fsp3) is 0.857. The Kier molecular flexibility index (Phi) is 6.74. The van der Waals surface area contributed by atoms with Crippen LogP contribution in [0, 0.1) is 0 Å². The van der Waals surface area contributed by atoms with Crippen LogP contribution in [0.2, 0.25) is 18.1 Å². The van der Waals surface area contributed by atoms with E-state index in [4.69, 9.17) is 9.46 Å². The molecule has 0 heterocycles. The monoisotopic (exact) mass is 320 g/mol. The molecule has 124 valence electrons. The van der Waals surface area contributed by atoms with Gasteiger partial charge in [0.2, 0.25) is 19.7 Å². The Balaban J connectivity index is 4.78. The Hall–Kier alpha value is -0.763. The van der Waals surface area contributed by atoms with Crippen molar-refractivity contribution < 1.29 is 28.9 Å². The van der Waals surface area contributed by atoms with E-state index in [2.05, 4.69) is 4.74 Å². The number of hydrogen-bond acceptors (Lipinski definition) is 6. The Morgan fingerprint density at radius 2 is 1.67 bits per heavy atom. The van der Waals surface area contributed by atoms with E-state index < -0.39 is 31.8 Å². The molecule has 0 aromatic heterocycles. The van der Waals surface area contributed by atoms with Gasteiger partial charge in [0.05, 0.1) is 6.61 Å². The lowest BCUT2D eigenvalue weighted by Crippen LogP contribution is -2.51. The van der Waals surface area contributed by atoms with Crippen LogP contribution < -0.4 is 0 Å². The van der Waals surface area contributed by atoms with Crippen LogP contribution >= 0.6 is 0 Å². The van der Waals surface area contributed by atoms with Gasteiger partial charge in [-0.3, -0.25) is 9.37 Å². The van der Waals surface area contributed by atoms with Crippen LogP contribution in [0.1, 0.15) is 41.5 Å². The number of ketones is 1. The summed E-state index contributed by atoms with van der Waals surface area (Å²) < 4.78 is 10.1. The van der Waals surface area contributed by atoms with Crippen LogP contribution in [0.5, 0.6) is 0 Å². The average Bonchev–Trinajstić information content (AvgIpc) is 2.33. The van der Waals surface area contributed by atoms with Crippen LogP contribution in [-0.4, -0.2) is 43.5 Å². The predicted octanol–water partition coefficient (Wildman–Crippen LogP) is 2.21. The molecule has 0 saturated heterocycles. The van der Waals surface area contributed by atoms with E-state index in [0.29, 0.717) is 0 Å². The largest absolute Gasteiger partial charge is 0.464 e. The van der Waals surface area contributed by atoms with Crippen molar-refractivity contribution >= 4 is 20.1 Å². The molecule has 2 unspecified atom stereocenters. The fourth-order valence-electron chi connectivity index (χ4n) is 1.13. The van der Waals surface area contributed by atoms with Crippen LogP contribution in [0.25, 0.3) is 0 Å². The van der Waals surface area contributed by atoms with Gasteiger partial charge in [0, 0.05) is 0 Å². The average molecular weight is 320 g/mol. The van der Waals surface area contributed by atoms with E-state index in [-0.39, 0.29) is 11.6 Å². The molecule has 0 rings (SSSR count). The molecule has 0 aliphatic rings. The molecule has 0 aromatic carbocycles. The molecule has 0 aliphatic carbocycles. The molecular formula is C14H28O6Si. The van der Waals surface area contributed by atoms with Crippen molar-refractivity contribution in [1.29, 1.82) is 0 Å².